The van der Waals surface area contributed by atoms with Crippen molar-refractivity contribution >= 4 is 5.91 Å². The molecule has 0 aromatic heterocycles. The summed E-state index contributed by atoms with van der Waals surface area (Å²) >= 11 is 0. The van der Waals surface area contributed by atoms with E-state index < -0.39 is 6.10 Å². The fraction of sp³-hybridized carbons (Fsp3) is 0.611. The lowest BCUT2D eigenvalue weighted by molar-refractivity contribution is -0.123. The lowest BCUT2D eigenvalue weighted by atomic mass is 10.0. The fourth-order valence-electron chi connectivity index (χ4n) is 2.03. The number of carbonyl (C=O) groups excluding carboxylic acids is 1. The minimum absolute atomic E-state index is 0.0951. The van der Waals surface area contributed by atoms with Crippen molar-refractivity contribution < 1.29 is 9.90 Å². The maximum Gasteiger partial charge on any atom is 0.222 e. The van der Waals surface area contributed by atoms with Crippen LogP contribution in [0.4, 0.5) is 0 Å². The van der Waals surface area contributed by atoms with Gasteiger partial charge in [0.1, 0.15) is 0 Å². The number of carbonyl (C=O) groups is 1. The number of nitrogens with zero attached hydrogens (tertiary/aromatic N) is 1. The first-order valence-corrected chi connectivity index (χ1v) is 8.03. The first-order valence-electron chi connectivity index (χ1n) is 8.03. The van der Waals surface area contributed by atoms with Crippen LogP contribution in [0.3, 0.4) is 0 Å². The minimum atomic E-state index is -0.581. The largest absolute Gasteiger partial charge is 0.392 e. The third-order valence-electron chi connectivity index (χ3n) is 4.06. The molecule has 0 bridgehead atoms. The van der Waals surface area contributed by atoms with E-state index in [4.69, 9.17) is 0 Å². The molecule has 2 N–H and O–H groups in total. The molecular formula is C18H30N2O2. The van der Waals surface area contributed by atoms with Crippen molar-refractivity contribution in [2.45, 2.75) is 59.4 Å². The van der Waals surface area contributed by atoms with Gasteiger partial charge in [0.15, 0.2) is 0 Å². The number of rotatable bonds is 8. The number of amides is 1. The molecule has 1 amide bonds. The Morgan fingerprint density at radius 3 is 2.32 bits per heavy atom. The lowest BCUT2D eigenvalue weighted by Crippen LogP contribution is -2.30. The highest BCUT2D eigenvalue weighted by molar-refractivity contribution is 5.76. The maximum atomic E-state index is 11.9. The van der Waals surface area contributed by atoms with Gasteiger partial charge >= 0.3 is 0 Å². The van der Waals surface area contributed by atoms with Crippen LogP contribution in [-0.4, -0.2) is 35.1 Å². The Hall–Kier alpha value is -1.39. The summed E-state index contributed by atoms with van der Waals surface area (Å²) in [7, 11) is 2.10. The molecule has 0 fully saturated rings. The zero-order valence-electron chi connectivity index (χ0n) is 14.5. The van der Waals surface area contributed by atoms with E-state index in [1.54, 1.807) is 0 Å². The molecule has 0 aliphatic carbocycles. The molecule has 1 aromatic carbocycles. The minimum Gasteiger partial charge on any atom is -0.392 e. The molecule has 0 saturated carbocycles. The molecule has 0 spiro atoms. The molecular weight excluding hydrogens is 276 g/mol. The average Bonchev–Trinajstić information content (AvgIpc) is 2.46. The number of aliphatic hydroxyl groups is 1. The highest BCUT2D eigenvalue weighted by Gasteiger charge is 2.14. The van der Waals surface area contributed by atoms with Gasteiger partial charge in [-0.2, -0.15) is 0 Å². The van der Waals surface area contributed by atoms with Crippen molar-refractivity contribution in [3.8, 4) is 0 Å². The van der Waals surface area contributed by atoms with Crippen LogP contribution in [0.2, 0.25) is 0 Å². The Morgan fingerprint density at radius 2 is 1.77 bits per heavy atom. The topological polar surface area (TPSA) is 52.6 Å². The molecule has 1 aromatic rings. The van der Waals surface area contributed by atoms with Gasteiger partial charge < -0.3 is 10.4 Å². The number of nitrogens with one attached hydrogen (secondary N) is 1. The number of hydrogen-bond acceptors (Lipinski definition) is 3. The van der Waals surface area contributed by atoms with Gasteiger partial charge in [0, 0.05) is 19.1 Å². The van der Waals surface area contributed by atoms with Crippen LogP contribution in [0.15, 0.2) is 24.3 Å². The van der Waals surface area contributed by atoms with E-state index in [2.05, 4.69) is 37.2 Å². The average molecular weight is 306 g/mol. The van der Waals surface area contributed by atoms with E-state index >= 15 is 0 Å². The van der Waals surface area contributed by atoms with E-state index in [0.717, 1.165) is 12.1 Å². The zero-order valence-corrected chi connectivity index (χ0v) is 14.5. The maximum absolute atomic E-state index is 11.9. The third-order valence-corrected chi connectivity index (χ3v) is 4.06. The predicted molar refractivity (Wildman–Crippen MR) is 90.4 cm³/mol. The molecule has 1 atom stereocenters. The summed E-state index contributed by atoms with van der Waals surface area (Å²) in [6.07, 6.45) is -0.423. The standard InChI is InChI=1S/C18H30N2O2/c1-13(2)17(21)10-18(22)19-11-15-8-6-7-9-16(15)12-20(5)14(3)4/h6-9,13-14,17,21H,10-12H2,1-5H3,(H,19,22). The van der Waals surface area contributed by atoms with E-state index in [1.165, 1.54) is 5.56 Å². The van der Waals surface area contributed by atoms with Gasteiger partial charge in [-0.05, 0) is 37.9 Å². The summed E-state index contributed by atoms with van der Waals surface area (Å²) in [5.41, 5.74) is 2.35. The Bertz CT molecular complexity index is 472. The molecule has 0 saturated heterocycles. The predicted octanol–water partition coefficient (Wildman–Crippen LogP) is 2.55. The Kier molecular flexibility index (Phi) is 7.56. The van der Waals surface area contributed by atoms with E-state index in [1.807, 2.05) is 32.0 Å². The highest BCUT2D eigenvalue weighted by atomic mass is 16.3. The second-order valence-electron chi connectivity index (χ2n) is 6.57. The molecule has 4 heteroatoms. The van der Waals surface area contributed by atoms with Gasteiger partial charge in [-0.1, -0.05) is 38.1 Å². The van der Waals surface area contributed by atoms with Crippen molar-refractivity contribution in [1.29, 1.82) is 0 Å². The fourth-order valence-corrected chi connectivity index (χ4v) is 2.03. The smallest absolute Gasteiger partial charge is 0.222 e. The zero-order chi connectivity index (χ0) is 16.7. The molecule has 0 aliphatic heterocycles. The molecule has 0 aliphatic rings. The van der Waals surface area contributed by atoms with Crippen LogP contribution < -0.4 is 5.32 Å². The molecule has 4 nitrogen and oxygen atoms in total. The summed E-state index contributed by atoms with van der Waals surface area (Å²) in [5.74, 6) is -0.00838. The number of aliphatic hydroxyl groups excluding tert-OH is 1. The second-order valence-corrected chi connectivity index (χ2v) is 6.57. The van der Waals surface area contributed by atoms with Crippen LogP contribution in [0.25, 0.3) is 0 Å². The van der Waals surface area contributed by atoms with Gasteiger partial charge in [-0.3, -0.25) is 9.69 Å². The van der Waals surface area contributed by atoms with Gasteiger partial charge in [0.25, 0.3) is 0 Å². The molecule has 1 rings (SSSR count). The van der Waals surface area contributed by atoms with Crippen molar-refractivity contribution in [2.75, 3.05) is 7.05 Å². The van der Waals surface area contributed by atoms with Crippen LogP contribution in [0.1, 0.15) is 45.2 Å². The lowest BCUT2D eigenvalue weighted by Gasteiger charge is -2.22. The number of hydrogen-bond donors (Lipinski definition) is 2. The van der Waals surface area contributed by atoms with E-state index in [-0.39, 0.29) is 18.2 Å². The molecule has 0 heterocycles. The van der Waals surface area contributed by atoms with Crippen LogP contribution >= 0.6 is 0 Å². The molecule has 124 valence electrons. The van der Waals surface area contributed by atoms with Crippen LogP contribution in [0, 0.1) is 5.92 Å². The molecule has 1 unspecified atom stereocenters. The molecule has 22 heavy (non-hydrogen) atoms. The normalized spacial score (nSPS) is 13.0. The molecule has 0 radical (unpaired) electrons. The second kappa shape index (κ2) is 8.91. The summed E-state index contributed by atoms with van der Waals surface area (Å²) < 4.78 is 0. The summed E-state index contributed by atoms with van der Waals surface area (Å²) in [6, 6.07) is 8.64. The Labute approximate surface area is 134 Å². The van der Waals surface area contributed by atoms with Crippen LogP contribution in [0.5, 0.6) is 0 Å². The van der Waals surface area contributed by atoms with E-state index in [0.29, 0.717) is 12.6 Å². The monoisotopic (exact) mass is 306 g/mol. The summed E-state index contributed by atoms with van der Waals surface area (Å²) in [6.45, 7) is 9.52. The van der Waals surface area contributed by atoms with E-state index in [9.17, 15) is 9.90 Å². The first kappa shape index (κ1) is 18.7. The third kappa shape index (κ3) is 6.16. The summed E-state index contributed by atoms with van der Waals surface area (Å²) in [4.78, 5) is 14.2. The van der Waals surface area contributed by atoms with Crippen molar-refractivity contribution in [3.63, 3.8) is 0 Å². The SMILES string of the molecule is CC(C)C(O)CC(=O)NCc1ccccc1CN(C)C(C)C. The van der Waals surface area contributed by atoms with Crippen molar-refractivity contribution in [2.24, 2.45) is 5.92 Å². The van der Waals surface area contributed by atoms with Gasteiger partial charge in [0.2, 0.25) is 5.91 Å². The Balaban J connectivity index is 2.60. The Morgan fingerprint density at radius 1 is 1.18 bits per heavy atom. The van der Waals surface area contributed by atoms with Crippen molar-refractivity contribution in [3.05, 3.63) is 35.4 Å². The van der Waals surface area contributed by atoms with Gasteiger partial charge in [0.05, 0.1) is 12.5 Å². The quantitative estimate of drug-likeness (QED) is 0.776. The van der Waals surface area contributed by atoms with Gasteiger partial charge in [-0.15, -0.1) is 0 Å². The highest BCUT2D eigenvalue weighted by Crippen LogP contribution is 2.13. The first-order chi connectivity index (χ1) is 10.3. The van der Waals surface area contributed by atoms with Crippen LogP contribution in [-0.2, 0) is 17.9 Å². The summed E-state index contributed by atoms with van der Waals surface area (Å²) in [5, 5.41) is 12.7. The van der Waals surface area contributed by atoms with Crippen molar-refractivity contribution in [1.82, 2.24) is 10.2 Å². The number of benzene rings is 1. The van der Waals surface area contributed by atoms with Gasteiger partial charge in [-0.25, -0.2) is 0 Å².